The second kappa shape index (κ2) is 7.50. The molecule has 0 amide bonds. The molecule has 21 heavy (non-hydrogen) atoms. The molecule has 112 valence electrons. The molecule has 0 saturated carbocycles. The third-order valence-electron chi connectivity index (χ3n) is 3.60. The van der Waals surface area contributed by atoms with E-state index in [2.05, 4.69) is 11.4 Å². The molecule has 0 radical (unpaired) electrons. The second-order valence-corrected chi connectivity index (χ2v) is 5.87. The van der Waals surface area contributed by atoms with Gasteiger partial charge in [0.2, 0.25) is 0 Å². The van der Waals surface area contributed by atoms with Crippen LogP contribution in [0.25, 0.3) is 0 Å². The summed E-state index contributed by atoms with van der Waals surface area (Å²) < 4.78 is 5.25. The second-order valence-electron chi connectivity index (χ2n) is 4.82. The van der Waals surface area contributed by atoms with E-state index < -0.39 is 5.54 Å². The highest BCUT2D eigenvalue weighted by atomic mass is 32.2. The van der Waals surface area contributed by atoms with Crippen molar-refractivity contribution in [1.29, 1.82) is 0 Å². The summed E-state index contributed by atoms with van der Waals surface area (Å²) >= 11 is 1.70. The van der Waals surface area contributed by atoms with Gasteiger partial charge in [-0.05, 0) is 30.8 Å². The average Bonchev–Trinajstić information content (AvgIpc) is 2.57. The highest BCUT2D eigenvalue weighted by molar-refractivity contribution is 7.99. The van der Waals surface area contributed by atoms with Gasteiger partial charge in [-0.25, -0.2) is 0 Å². The van der Waals surface area contributed by atoms with E-state index in [-0.39, 0.29) is 6.61 Å². The van der Waals surface area contributed by atoms with E-state index in [1.807, 2.05) is 55.6 Å². The molecular weight excluding hydrogens is 282 g/mol. The number of methoxy groups -OCH3 is 1. The lowest BCUT2D eigenvalue weighted by molar-refractivity contribution is 0.187. The highest BCUT2D eigenvalue weighted by Gasteiger charge is 2.29. The zero-order chi connectivity index (χ0) is 15.1. The fraction of sp³-hybridized carbons (Fsp3) is 0.294. The summed E-state index contributed by atoms with van der Waals surface area (Å²) in [6.07, 6.45) is 0. The first-order valence-corrected chi connectivity index (χ1v) is 7.85. The van der Waals surface area contributed by atoms with Crippen LogP contribution in [0.4, 0.5) is 0 Å². The molecule has 2 rings (SSSR count). The van der Waals surface area contributed by atoms with Gasteiger partial charge in [0.25, 0.3) is 0 Å². The molecule has 0 aliphatic carbocycles. The summed E-state index contributed by atoms with van der Waals surface area (Å²) in [5.41, 5.74) is 0.639. The predicted octanol–water partition coefficient (Wildman–Crippen LogP) is 2.89. The molecule has 0 aliphatic heterocycles. The SMILES string of the molecule is CNC(CO)(CSc1cccc(OC)c1)c1ccccc1. The maximum atomic E-state index is 9.91. The van der Waals surface area contributed by atoms with Crippen molar-refractivity contribution in [3.63, 3.8) is 0 Å². The lowest BCUT2D eigenvalue weighted by atomic mass is 9.93. The highest BCUT2D eigenvalue weighted by Crippen LogP contribution is 2.30. The van der Waals surface area contributed by atoms with Crippen molar-refractivity contribution in [2.75, 3.05) is 26.5 Å². The van der Waals surface area contributed by atoms with Crippen molar-refractivity contribution >= 4 is 11.8 Å². The van der Waals surface area contributed by atoms with Gasteiger partial charge in [-0.3, -0.25) is 0 Å². The van der Waals surface area contributed by atoms with Crippen molar-refractivity contribution in [3.8, 4) is 5.75 Å². The Hall–Kier alpha value is -1.49. The third kappa shape index (κ3) is 3.79. The molecule has 4 heteroatoms. The number of nitrogens with one attached hydrogen (secondary N) is 1. The van der Waals surface area contributed by atoms with Crippen LogP contribution in [0.5, 0.6) is 5.75 Å². The lowest BCUT2D eigenvalue weighted by Gasteiger charge is -2.32. The summed E-state index contributed by atoms with van der Waals surface area (Å²) in [6.45, 7) is 0.0461. The van der Waals surface area contributed by atoms with E-state index in [9.17, 15) is 5.11 Å². The molecule has 2 aromatic rings. The van der Waals surface area contributed by atoms with Crippen LogP contribution in [-0.2, 0) is 5.54 Å². The molecule has 0 spiro atoms. The molecule has 0 aromatic heterocycles. The summed E-state index contributed by atoms with van der Waals surface area (Å²) in [6, 6.07) is 18.0. The van der Waals surface area contributed by atoms with E-state index in [0.717, 1.165) is 22.0 Å². The van der Waals surface area contributed by atoms with Gasteiger partial charge in [-0.2, -0.15) is 0 Å². The van der Waals surface area contributed by atoms with Crippen molar-refractivity contribution in [1.82, 2.24) is 5.32 Å². The zero-order valence-corrected chi connectivity index (χ0v) is 13.2. The normalized spacial score (nSPS) is 13.7. The van der Waals surface area contributed by atoms with Gasteiger partial charge in [-0.15, -0.1) is 11.8 Å². The minimum atomic E-state index is -0.449. The molecule has 0 bridgehead atoms. The van der Waals surface area contributed by atoms with E-state index >= 15 is 0 Å². The van der Waals surface area contributed by atoms with E-state index in [4.69, 9.17) is 4.74 Å². The van der Waals surface area contributed by atoms with Crippen LogP contribution in [0.3, 0.4) is 0 Å². The molecule has 3 nitrogen and oxygen atoms in total. The van der Waals surface area contributed by atoms with E-state index in [0.29, 0.717) is 0 Å². The monoisotopic (exact) mass is 303 g/mol. The van der Waals surface area contributed by atoms with Crippen LogP contribution in [-0.4, -0.2) is 31.6 Å². The van der Waals surface area contributed by atoms with Crippen LogP contribution < -0.4 is 10.1 Å². The third-order valence-corrected chi connectivity index (χ3v) is 4.83. The molecule has 0 fully saturated rings. The van der Waals surface area contributed by atoms with Crippen LogP contribution in [0.2, 0.25) is 0 Å². The Kier molecular flexibility index (Phi) is 5.67. The predicted molar refractivity (Wildman–Crippen MR) is 88.0 cm³/mol. The van der Waals surface area contributed by atoms with Gasteiger partial charge in [0, 0.05) is 10.6 Å². The fourth-order valence-corrected chi connectivity index (χ4v) is 3.36. The number of hydrogen-bond donors (Lipinski definition) is 2. The molecule has 0 aliphatic rings. The number of aliphatic hydroxyl groups is 1. The first-order chi connectivity index (χ1) is 10.2. The molecule has 2 aromatic carbocycles. The Balaban J connectivity index is 2.17. The van der Waals surface area contributed by atoms with Crippen molar-refractivity contribution in [3.05, 3.63) is 60.2 Å². The lowest BCUT2D eigenvalue weighted by Crippen LogP contribution is -2.45. The Morgan fingerprint density at radius 1 is 1.14 bits per heavy atom. The van der Waals surface area contributed by atoms with Gasteiger partial charge in [0.1, 0.15) is 5.75 Å². The smallest absolute Gasteiger partial charge is 0.119 e. The Labute approximate surface area is 130 Å². The molecule has 1 atom stereocenters. The van der Waals surface area contributed by atoms with Gasteiger partial charge >= 0.3 is 0 Å². The number of ether oxygens (including phenoxy) is 1. The quantitative estimate of drug-likeness (QED) is 0.772. The summed E-state index contributed by atoms with van der Waals surface area (Å²) in [5, 5.41) is 13.2. The summed E-state index contributed by atoms with van der Waals surface area (Å²) in [7, 11) is 3.55. The summed E-state index contributed by atoms with van der Waals surface area (Å²) in [4.78, 5) is 1.12. The van der Waals surface area contributed by atoms with Crippen LogP contribution in [0, 0.1) is 0 Å². The van der Waals surface area contributed by atoms with Gasteiger partial charge in [-0.1, -0.05) is 36.4 Å². The maximum absolute atomic E-state index is 9.91. The maximum Gasteiger partial charge on any atom is 0.119 e. The van der Waals surface area contributed by atoms with Crippen LogP contribution >= 0.6 is 11.8 Å². The molecule has 0 heterocycles. The van der Waals surface area contributed by atoms with Gasteiger partial charge in [0.05, 0.1) is 19.3 Å². The van der Waals surface area contributed by atoms with Crippen molar-refractivity contribution in [2.24, 2.45) is 0 Å². The standard InChI is InChI=1S/C17H21NO2S/c1-18-17(12-19,14-7-4-3-5-8-14)13-21-16-10-6-9-15(11-16)20-2/h3-11,18-19H,12-13H2,1-2H3. The van der Waals surface area contributed by atoms with Crippen molar-refractivity contribution < 1.29 is 9.84 Å². The first kappa shape index (κ1) is 15.9. The molecule has 1 unspecified atom stereocenters. The topological polar surface area (TPSA) is 41.5 Å². The number of thioether (sulfide) groups is 1. The average molecular weight is 303 g/mol. The Bertz CT molecular complexity index is 556. The van der Waals surface area contributed by atoms with E-state index in [1.54, 1.807) is 18.9 Å². The van der Waals surface area contributed by atoms with Crippen LogP contribution in [0.15, 0.2) is 59.5 Å². The molecule has 0 saturated heterocycles. The minimum absolute atomic E-state index is 0.0461. The number of hydrogen-bond acceptors (Lipinski definition) is 4. The van der Waals surface area contributed by atoms with Crippen molar-refractivity contribution in [2.45, 2.75) is 10.4 Å². The minimum Gasteiger partial charge on any atom is -0.497 e. The van der Waals surface area contributed by atoms with Gasteiger partial charge in [0.15, 0.2) is 0 Å². The number of likely N-dealkylation sites (N-methyl/N-ethyl adjacent to an activating group) is 1. The summed E-state index contributed by atoms with van der Waals surface area (Å²) in [5.74, 6) is 1.58. The molecular formula is C17H21NO2S. The largest absolute Gasteiger partial charge is 0.497 e. The number of rotatable bonds is 7. The Morgan fingerprint density at radius 3 is 2.52 bits per heavy atom. The number of aliphatic hydroxyl groups excluding tert-OH is 1. The van der Waals surface area contributed by atoms with Crippen LogP contribution in [0.1, 0.15) is 5.56 Å². The van der Waals surface area contributed by atoms with Gasteiger partial charge < -0.3 is 15.2 Å². The van der Waals surface area contributed by atoms with E-state index in [1.165, 1.54) is 0 Å². The fourth-order valence-electron chi connectivity index (χ4n) is 2.17. The molecule has 2 N–H and O–H groups in total. The Morgan fingerprint density at radius 2 is 1.90 bits per heavy atom. The number of benzene rings is 2. The first-order valence-electron chi connectivity index (χ1n) is 6.86. The zero-order valence-electron chi connectivity index (χ0n) is 12.4.